The van der Waals surface area contributed by atoms with E-state index in [1.165, 1.54) is 11.8 Å². The van der Waals surface area contributed by atoms with Crippen molar-refractivity contribution in [2.24, 2.45) is 0 Å². The second kappa shape index (κ2) is 9.17. The standard InChI is InChI=1S/C18H21N3O3S/c1-12-6-4-5-7-15(12)9-19-16(22)10-24-17(23)11-25-18-20-13(2)8-14(3)21-18/h4-8H,9-11H2,1-3H3,(H,19,22). The van der Waals surface area contributed by atoms with Gasteiger partial charge in [-0.2, -0.15) is 0 Å². The molecule has 1 heterocycles. The Morgan fingerprint density at radius 3 is 2.48 bits per heavy atom. The monoisotopic (exact) mass is 359 g/mol. The van der Waals surface area contributed by atoms with Crippen molar-refractivity contribution in [2.75, 3.05) is 12.4 Å². The molecule has 0 aliphatic rings. The van der Waals surface area contributed by atoms with Crippen LogP contribution in [0, 0.1) is 20.8 Å². The first-order valence-electron chi connectivity index (χ1n) is 7.86. The van der Waals surface area contributed by atoms with Crippen LogP contribution < -0.4 is 5.32 Å². The van der Waals surface area contributed by atoms with Crippen LogP contribution in [0.15, 0.2) is 35.5 Å². The Hall–Kier alpha value is -2.41. The Morgan fingerprint density at radius 1 is 1.12 bits per heavy atom. The number of benzene rings is 1. The highest BCUT2D eigenvalue weighted by Crippen LogP contribution is 2.14. The van der Waals surface area contributed by atoms with Crippen LogP contribution in [0.5, 0.6) is 0 Å². The van der Waals surface area contributed by atoms with Crippen LogP contribution in [-0.4, -0.2) is 34.2 Å². The normalized spacial score (nSPS) is 10.4. The molecular weight excluding hydrogens is 338 g/mol. The Bertz CT molecular complexity index is 745. The number of thioether (sulfide) groups is 1. The van der Waals surface area contributed by atoms with Gasteiger partial charge in [0.05, 0.1) is 5.75 Å². The number of ether oxygens (including phenoxy) is 1. The minimum atomic E-state index is -0.473. The van der Waals surface area contributed by atoms with Crippen LogP contribution >= 0.6 is 11.8 Å². The number of hydrogen-bond acceptors (Lipinski definition) is 6. The van der Waals surface area contributed by atoms with E-state index < -0.39 is 5.97 Å². The van der Waals surface area contributed by atoms with Crippen LogP contribution in [0.2, 0.25) is 0 Å². The molecule has 0 spiro atoms. The zero-order chi connectivity index (χ0) is 18.2. The van der Waals surface area contributed by atoms with Crippen molar-refractivity contribution in [3.8, 4) is 0 Å². The summed E-state index contributed by atoms with van der Waals surface area (Å²) in [5, 5.41) is 3.26. The fraction of sp³-hybridized carbons (Fsp3) is 0.333. The van der Waals surface area contributed by atoms with Crippen molar-refractivity contribution in [2.45, 2.75) is 32.5 Å². The molecule has 0 saturated heterocycles. The van der Waals surface area contributed by atoms with E-state index in [1.54, 1.807) is 0 Å². The smallest absolute Gasteiger partial charge is 0.316 e. The summed E-state index contributed by atoms with van der Waals surface area (Å²) in [5.74, 6) is -0.739. The van der Waals surface area contributed by atoms with E-state index in [4.69, 9.17) is 4.74 Å². The van der Waals surface area contributed by atoms with E-state index >= 15 is 0 Å². The summed E-state index contributed by atoms with van der Waals surface area (Å²) in [7, 11) is 0. The van der Waals surface area contributed by atoms with Crippen molar-refractivity contribution in [1.29, 1.82) is 0 Å². The number of aryl methyl sites for hydroxylation is 3. The SMILES string of the molecule is Cc1cc(C)nc(SCC(=O)OCC(=O)NCc2ccccc2C)n1. The second-order valence-electron chi connectivity index (χ2n) is 5.59. The van der Waals surface area contributed by atoms with Gasteiger partial charge in [-0.3, -0.25) is 9.59 Å². The van der Waals surface area contributed by atoms with Crippen molar-refractivity contribution < 1.29 is 14.3 Å². The van der Waals surface area contributed by atoms with Gasteiger partial charge in [0.25, 0.3) is 5.91 Å². The molecule has 0 fully saturated rings. The van der Waals surface area contributed by atoms with E-state index in [0.29, 0.717) is 11.7 Å². The van der Waals surface area contributed by atoms with Gasteiger partial charge in [-0.1, -0.05) is 36.0 Å². The minimum Gasteiger partial charge on any atom is -0.455 e. The fourth-order valence-electron chi connectivity index (χ4n) is 2.12. The van der Waals surface area contributed by atoms with Gasteiger partial charge in [0.1, 0.15) is 0 Å². The van der Waals surface area contributed by atoms with E-state index in [0.717, 1.165) is 22.5 Å². The highest BCUT2D eigenvalue weighted by Gasteiger charge is 2.10. The molecular formula is C18H21N3O3S. The van der Waals surface area contributed by atoms with Gasteiger partial charge < -0.3 is 10.1 Å². The number of esters is 1. The van der Waals surface area contributed by atoms with Crippen LogP contribution in [-0.2, 0) is 20.9 Å². The van der Waals surface area contributed by atoms with E-state index in [2.05, 4.69) is 15.3 Å². The first-order valence-corrected chi connectivity index (χ1v) is 8.84. The molecule has 1 N–H and O–H groups in total. The third-order valence-corrected chi connectivity index (χ3v) is 4.20. The first kappa shape index (κ1) is 18.9. The van der Waals surface area contributed by atoms with Crippen LogP contribution in [0.25, 0.3) is 0 Å². The van der Waals surface area contributed by atoms with Crippen molar-refractivity contribution in [3.63, 3.8) is 0 Å². The summed E-state index contributed by atoms with van der Waals surface area (Å²) in [6, 6.07) is 9.65. The molecule has 0 radical (unpaired) electrons. The second-order valence-corrected chi connectivity index (χ2v) is 6.53. The first-order chi connectivity index (χ1) is 11.9. The molecule has 0 saturated carbocycles. The lowest BCUT2D eigenvalue weighted by atomic mass is 10.1. The van der Waals surface area contributed by atoms with E-state index in [-0.39, 0.29) is 18.3 Å². The number of carbonyl (C=O) groups is 2. The largest absolute Gasteiger partial charge is 0.455 e. The topological polar surface area (TPSA) is 81.2 Å². The molecule has 132 valence electrons. The molecule has 2 rings (SSSR count). The molecule has 0 aliphatic carbocycles. The summed E-state index contributed by atoms with van der Waals surface area (Å²) in [5.41, 5.74) is 3.83. The molecule has 0 unspecified atom stereocenters. The zero-order valence-electron chi connectivity index (χ0n) is 14.5. The lowest BCUT2D eigenvalue weighted by Crippen LogP contribution is -2.29. The van der Waals surface area contributed by atoms with Crippen molar-refractivity contribution in [1.82, 2.24) is 15.3 Å². The number of rotatable bonds is 7. The number of aromatic nitrogens is 2. The molecule has 0 aliphatic heterocycles. The average Bonchev–Trinajstić information content (AvgIpc) is 2.56. The molecule has 1 amide bonds. The zero-order valence-corrected chi connectivity index (χ0v) is 15.4. The van der Waals surface area contributed by atoms with Crippen molar-refractivity contribution >= 4 is 23.6 Å². The van der Waals surface area contributed by atoms with Gasteiger partial charge in [0.15, 0.2) is 11.8 Å². The van der Waals surface area contributed by atoms with Crippen LogP contribution in [0.3, 0.4) is 0 Å². The summed E-state index contributed by atoms with van der Waals surface area (Å²) in [4.78, 5) is 32.0. The number of carbonyl (C=O) groups excluding carboxylic acids is 2. The fourth-order valence-corrected chi connectivity index (χ4v) is 2.87. The molecule has 25 heavy (non-hydrogen) atoms. The lowest BCUT2D eigenvalue weighted by Gasteiger charge is -2.08. The van der Waals surface area contributed by atoms with Gasteiger partial charge in [-0.25, -0.2) is 9.97 Å². The Labute approximate surface area is 151 Å². The summed E-state index contributed by atoms with van der Waals surface area (Å²) >= 11 is 1.19. The highest BCUT2D eigenvalue weighted by molar-refractivity contribution is 7.99. The Morgan fingerprint density at radius 2 is 1.80 bits per heavy atom. The Kier molecular flexibility index (Phi) is 6.94. The quantitative estimate of drug-likeness (QED) is 0.464. The molecule has 7 heteroatoms. The predicted octanol–water partition coefficient (Wildman–Crippen LogP) is 2.35. The summed E-state index contributed by atoms with van der Waals surface area (Å²) < 4.78 is 4.98. The molecule has 1 aromatic carbocycles. The number of nitrogens with one attached hydrogen (secondary N) is 1. The van der Waals surface area contributed by atoms with E-state index in [1.807, 2.05) is 51.1 Å². The summed E-state index contributed by atoms with van der Waals surface area (Å²) in [6.07, 6.45) is 0. The molecule has 0 atom stereocenters. The minimum absolute atomic E-state index is 0.0635. The number of hydrogen-bond donors (Lipinski definition) is 1. The molecule has 6 nitrogen and oxygen atoms in total. The third-order valence-electron chi connectivity index (χ3n) is 3.38. The molecule has 1 aromatic heterocycles. The maximum atomic E-state index is 11.8. The Balaban J connectivity index is 1.70. The maximum absolute atomic E-state index is 11.8. The van der Waals surface area contributed by atoms with Gasteiger partial charge in [0, 0.05) is 17.9 Å². The van der Waals surface area contributed by atoms with E-state index in [9.17, 15) is 9.59 Å². The van der Waals surface area contributed by atoms with Crippen molar-refractivity contribution in [3.05, 3.63) is 52.8 Å². The third kappa shape index (κ3) is 6.54. The number of nitrogens with zero attached hydrogens (tertiary/aromatic N) is 2. The average molecular weight is 359 g/mol. The van der Waals surface area contributed by atoms with Crippen LogP contribution in [0.1, 0.15) is 22.5 Å². The molecule has 2 aromatic rings. The van der Waals surface area contributed by atoms with Gasteiger partial charge in [0.2, 0.25) is 0 Å². The lowest BCUT2D eigenvalue weighted by molar-refractivity contribution is -0.145. The highest BCUT2D eigenvalue weighted by atomic mass is 32.2. The van der Waals surface area contributed by atoms with Gasteiger partial charge in [-0.05, 0) is 38.0 Å². The van der Waals surface area contributed by atoms with Gasteiger partial charge in [-0.15, -0.1) is 0 Å². The maximum Gasteiger partial charge on any atom is 0.316 e. The van der Waals surface area contributed by atoms with Gasteiger partial charge >= 0.3 is 5.97 Å². The summed E-state index contributed by atoms with van der Waals surface area (Å²) in [6.45, 7) is 5.84. The molecule has 0 bridgehead atoms. The predicted molar refractivity (Wildman–Crippen MR) is 96.2 cm³/mol. The number of amides is 1. The van der Waals surface area contributed by atoms with Crippen LogP contribution in [0.4, 0.5) is 0 Å².